The van der Waals surface area contributed by atoms with Crippen LogP contribution < -0.4 is 10.6 Å². The van der Waals surface area contributed by atoms with Crippen molar-refractivity contribution in [2.75, 3.05) is 5.32 Å². The molecule has 110 valence electrons. The Kier molecular flexibility index (Phi) is 5.55. The lowest BCUT2D eigenvalue weighted by atomic mass is 10.0. The summed E-state index contributed by atoms with van der Waals surface area (Å²) in [5.74, 6) is -0.618. The second kappa shape index (κ2) is 6.93. The zero-order valence-corrected chi connectivity index (χ0v) is 12.4. The van der Waals surface area contributed by atoms with E-state index in [1.54, 1.807) is 19.1 Å². The molecule has 0 aliphatic carbocycles. The molecule has 0 saturated heterocycles. The van der Waals surface area contributed by atoms with Crippen molar-refractivity contribution in [2.24, 2.45) is 5.92 Å². The molecule has 0 fully saturated rings. The Morgan fingerprint density at radius 1 is 1.30 bits per heavy atom. The van der Waals surface area contributed by atoms with E-state index in [9.17, 15) is 9.59 Å². The molecule has 0 heterocycles. The Labute approximate surface area is 119 Å². The predicted octanol–water partition coefficient (Wildman–Crippen LogP) is 3.25. The number of carbonyl (C=O) groups is 2. The lowest BCUT2D eigenvalue weighted by molar-refractivity contribution is 0.0696. The maximum atomic E-state index is 11.8. The second-order valence-corrected chi connectivity index (χ2v) is 5.11. The van der Waals surface area contributed by atoms with Crippen molar-refractivity contribution in [1.29, 1.82) is 0 Å². The van der Waals surface area contributed by atoms with Gasteiger partial charge in [0.25, 0.3) is 0 Å². The van der Waals surface area contributed by atoms with E-state index in [1.165, 1.54) is 6.07 Å². The summed E-state index contributed by atoms with van der Waals surface area (Å²) in [6.07, 6.45) is 0.981. The number of hydrogen-bond acceptors (Lipinski definition) is 2. The van der Waals surface area contributed by atoms with Gasteiger partial charge in [-0.2, -0.15) is 0 Å². The molecule has 2 atom stereocenters. The van der Waals surface area contributed by atoms with Crippen molar-refractivity contribution >= 4 is 17.7 Å². The summed E-state index contributed by atoms with van der Waals surface area (Å²) < 4.78 is 0. The summed E-state index contributed by atoms with van der Waals surface area (Å²) in [4.78, 5) is 22.9. The number of carboxylic acids is 1. The van der Waals surface area contributed by atoms with Crippen LogP contribution in [-0.2, 0) is 0 Å². The number of amides is 2. The fourth-order valence-corrected chi connectivity index (χ4v) is 1.80. The van der Waals surface area contributed by atoms with Crippen molar-refractivity contribution in [1.82, 2.24) is 5.32 Å². The van der Waals surface area contributed by atoms with Crippen molar-refractivity contribution in [3.05, 3.63) is 29.3 Å². The third-order valence-corrected chi connectivity index (χ3v) is 3.58. The lowest BCUT2D eigenvalue weighted by Crippen LogP contribution is -2.39. The Bertz CT molecular complexity index is 500. The van der Waals surface area contributed by atoms with Gasteiger partial charge in [-0.1, -0.05) is 26.3 Å². The molecule has 0 aliphatic rings. The third-order valence-electron chi connectivity index (χ3n) is 3.58. The van der Waals surface area contributed by atoms with Crippen molar-refractivity contribution < 1.29 is 14.7 Å². The molecule has 0 spiro atoms. The topological polar surface area (TPSA) is 78.4 Å². The van der Waals surface area contributed by atoms with Gasteiger partial charge in [0, 0.05) is 11.7 Å². The number of urea groups is 1. The van der Waals surface area contributed by atoms with Crippen LogP contribution in [0.1, 0.15) is 43.1 Å². The summed E-state index contributed by atoms with van der Waals surface area (Å²) in [5.41, 5.74) is 1.33. The van der Waals surface area contributed by atoms with E-state index in [1.807, 2.05) is 6.92 Å². The summed E-state index contributed by atoms with van der Waals surface area (Å²) in [6, 6.07) is 4.57. The summed E-state index contributed by atoms with van der Waals surface area (Å²) in [5, 5.41) is 14.6. The van der Waals surface area contributed by atoms with E-state index in [-0.39, 0.29) is 17.6 Å². The number of rotatable bonds is 5. The molecule has 0 aliphatic heterocycles. The SMILES string of the molecule is CCC(C)C(C)NC(=O)Nc1ccc(C)c(C(=O)O)c1. The van der Waals surface area contributed by atoms with Crippen LogP contribution in [0.25, 0.3) is 0 Å². The molecule has 5 nitrogen and oxygen atoms in total. The van der Waals surface area contributed by atoms with Gasteiger partial charge in [0.1, 0.15) is 0 Å². The fraction of sp³-hybridized carbons (Fsp3) is 0.467. The minimum absolute atomic E-state index is 0.0596. The summed E-state index contributed by atoms with van der Waals surface area (Å²) in [6.45, 7) is 7.81. The maximum absolute atomic E-state index is 11.8. The van der Waals surface area contributed by atoms with Crippen LogP contribution in [0.2, 0.25) is 0 Å². The van der Waals surface area contributed by atoms with Crippen molar-refractivity contribution in [3.63, 3.8) is 0 Å². The average Bonchev–Trinajstić information content (AvgIpc) is 2.39. The quantitative estimate of drug-likeness (QED) is 0.773. The molecule has 0 aromatic heterocycles. The van der Waals surface area contributed by atoms with Gasteiger partial charge in [-0.25, -0.2) is 9.59 Å². The zero-order valence-electron chi connectivity index (χ0n) is 12.4. The van der Waals surface area contributed by atoms with Gasteiger partial charge < -0.3 is 15.7 Å². The fourth-order valence-electron chi connectivity index (χ4n) is 1.80. The number of aromatic carboxylic acids is 1. The normalized spacial score (nSPS) is 13.4. The molecule has 1 aromatic carbocycles. The van der Waals surface area contributed by atoms with Gasteiger partial charge in [0.05, 0.1) is 5.56 Å². The van der Waals surface area contributed by atoms with Gasteiger partial charge in [-0.3, -0.25) is 0 Å². The average molecular weight is 278 g/mol. The first-order valence-corrected chi connectivity index (χ1v) is 6.76. The first-order valence-electron chi connectivity index (χ1n) is 6.76. The first kappa shape index (κ1) is 16.0. The molecular formula is C15H22N2O3. The number of aryl methyl sites for hydroxylation is 1. The van der Waals surface area contributed by atoms with Crippen LogP contribution in [-0.4, -0.2) is 23.1 Å². The predicted molar refractivity (Wildman–Crippen MR) is 79.2 cm³/mol. The number of carboxylic acid groups (broad SMARTS) is 1. The molecule has 1 rings (SSSR count). The Morgan fingerprint density at radius 3 is 2.50 bits per heavy atom. The summed E-state index contributed by atoms with van der Waals surface area (Å²) in [7, 11) is 0. The van der Waals surface area contributed by atoms with E-state index in [4.69, 9.17) is 5.11 Å². The van der Waals surface area contributed by atoms with E-state index in [0.717, 1.165) is 6.42 Å². The minimum atomic E-state index is -1.00. The van der Waals surface area contributed by atoms with Crippen LogP contribution in [0.15, 0.2) is 18.2 Å². The van der Waals surface area contributed by atoms with Gasteiger partial charge in [0.2, 0.25) is 0 Å². The Morgan fingerprint density at radius 2 is 1.95 bits per heavy atom. The largest absolute Gasteiger partial charge is 0.478 e. The molecule has 0 radical (unpaired) electrons. The molecule has 2 amide bonds. The van der Waals surface area contributed by atoms with Crippen LogP contribution >= 0.6 is 0 Å². The van der Waals surface area contributed by atoms with Gasteiger partial charge in [-0.15, -0.1) is 0 Å². The standard InChI is InChI=1S/C15H22N2O3/c1-5-9(2)11(4)16-15(20)17-12-7-6-10(3)13(8-12)14(18)19/h6-9,11H,5H2,1-4H3,(H,18,19)(H2,16,17,20). The van der Waals surface area contributed by atoms with Crippen molar-refractivity contribution in [3.8, 4) is 0 Å². The number of hydrogen-bond donors (Lipinski definition) is 3. The Hall–Kier alpha value is -2.04. The molecule has 0 saturated carbocycles. The highest BCUT2D eigenvalue weighted by Gasteiger charge is 2.14. The molecular weight excluding hydrogens is 256 g/mol. The van der Waals surface area contributed by atoms with E-state index in [2.05, 4.69) is 24.5 Å². The highest BCUT2D eigenvalue weighted by molar-refractivity contribution is 5.94. The third kappa shape index (κ3) is 4.26. The van der Waals surface area contributed by atoms with Crippen molar-refractivity contribution in [2.45, 2.75) is 40.2 Å². The number of benzene rings is 1. The van der Waals surface area contributed by atoms with Crippen LogP contribution in [0.5, 0.6) is 0 Å². The lowest BCUT2D eigenvalue weighted by Gasteiger charge is -2.20. The molecule has 2 unspecified atom stereocenters. The van der Waals surface area contributed by atoms with Gasteiger partial charge in [0.15, 0.2) is 0 Å². The molecule has 1 aromatic rings. The second-order valence-electron chi connectivity index (χ2n) is 5.11. The van der Waals surface area contributed by atoms with E-state index < -0.39 is 5.97 Å². The van der Waals surface area contributed by atoms with Crippen LogP contribution in [0.3, 0.4) is 0 Å². The smallest absolute Gasteiger partial charge is 0.336 e. The van der Waals surface area contributed by atoms with Crippen LogP contribution in [0, 0.1) is 12.8 Å². The van der Waals surface area contributed by atoms with E-state index >= 15 is 0 Å². The Balaban J connectivity index is 2.71. The highest BCUT2D eigenvalue weighted by Crippen LogP contribution is 2.15. The summed E-state index contributed by atoms with van der Waals surface area (Å²) >= 11 is 0. The minimum Gasteiger partial charge on any atom is -0.478 e. The first-order chi connectivity index (χ1) is 9.35. The zero-order chi connectivity index (χ0) is 15.3. The van der Waals surface area contributed by atoms with Gasteiger partial charge in [-0.05, 0) is 37.5 Å². The molecule has 0 bridgehead atoms. The number of anilines is 1. The highest BCUT2D eigenvalue weighted by atomic mass is 16.4. The van der Waals surface area contributed by atoms with E-state index in [0.29, 0.717) is 17.2 Å². The molecule has 5 heteroatoms. The molecule has 3 N–H and O–H groups in total. The number of nitrogens with one attached hydrogen (secondary N) is 2. The maximum Gasteiger partial charge on any atom is 0.336 e. The van der Waals surface area contributed by atoms with Gasteiger partial charge >= 0.3 is 12.0 Å². The number of carbonyl (C=O) groups excluding carboxylic acids is 1. The molecule has 20 heavy (non-hydrogen) atoms. The monoisotopic (exact) mass is 278 g/mol. The van der Waals surface area contributed by atoms with Crippen LogP contribution in [0.4, 0.5) is 10.5 Å².